The number of aromatic nitrogens is 3. The van der Waals surface area contributed by atoms with Crippen LogP contribution in [0, 0.1) is 0 Å². The van der Waals surface area contributed by atoms with Crippen LogP contribution in [0.2, 0.25) is 0 Å². The fourth-order valence-corrected chi connectivity index (χ4v) is 0.256. The van der Waals surface area contributed by atoms with Gasteiger partial charge in [-0.3, -0.25) is 10.3 Å². The number of rotatable bonds is 1. The molecule has 1 heterocycles. The molecule has 0 spiro atoms. The van der Waals surface area contributed by atoms with E-state index in [-0.39, 0.29) is 0 Å². The molecule has 0 aliphatic heterocycles. The van der Waals surface area contributed by atoms with E-state index in [1.807, 2.05) is 0 Å². The summed E-state index contributed by atoms with van der Waals surface area (Å²) in [7, 11) is 0. The molecule has 1 aromatic heterocycles. The van der Waals surface area contributed by atoms with E-state index in [9.17, 15) is 0 Å². The summed E-state index contributed by atoms with van der Waals surface area (Å²) in [5.41, 5.74) is 1.80. The molecule has 1 aromatic rings. The van der Waals surface area contributed by atoms with Crippen LogP contribution < -0.4 is 5.48 Å². The number of anilines is 1. The molecule has 5 heteroatoms. The van der Waals surface area contributed by atoms with Crippen molar-refractivity contribution in [1.82, 2.24) is 15.4 Å². The van der Waals surface area contributed by atoms with E-state index in [2.05, 4.69) is 15.4 Å². The maximum atomic E-state index is 8.05. The molecule has 7 heavy (non-hydrogen) atoms. The average Bonchev–Trinajstić information content (AvgIpc) is 2.14. The maximum absolute atomic E-state index is 8.05. The molecule has 0 aliphatic rings. The van der Waals surface area contributed by atoms with E-state index in [4.69, 9.17) is 5.21 Å². The summed E-state index contributed by atoms with van der Waals surface area (Å²) in [4.78, 5) is 0. The van der Waals surface area contributed by atoms with Gasteiger partial charge in [-0.25, -0.2) is 5.48 Å². The molecule has 0 bridgehead atoms. The highest BCUT2D eigenvalue weighted by Gasteiger charge is 1.84. The largest absolute Gasteiger partial charge is 0.290 e. The maximum Gasteiger partial charge on any atom is 0.191 e. The van der Waals surface area contributed by atoms with E-state index in [0.717, 1.165) is 0 Å². The van der Waals surface area contributed by atoms with E-state index in [1.54, 1.807) is 5.48 Å². The van der Waals surface area contributed by atoms with Gasteiger partial charge < -0.3 is 0 Å². The van der Waals surface area contributed by atoms with Crippen molar-refractivity contribution < 1.29 is 5.21 Å². The topological polar surface area (TPSA) is 73.8 Å². The molecule has 0 fully saturated rings. The first-order chi connectivity index (χ1) is 3.43. The van der Waals surface area contributed by atoms with E-state index in [0.29, 0.717) is 5.82 Å². The highest BCUT2D eigenvalue weighted by atomic mass is 16.5. The number of hydrogen-bond acceptors (Lipinski definition) is 4. The zero-order chi connectivity index (χ0) is 5.11. The molecule has 0 radical (unpaired) electrons. The third-order valence-electron chi connectivity index (χ3n) is 0.531. The molecule has 5 nitrogen and oxygen atoms in total. The number of nitrogens with one attached hydrogen (secondary N) is 2. The Balaban J connectivity index is 2.76. The molecular formula is C2H4N4O. The molecule has 0 aliphatic carbocycles. The molecule has 3 N–H and O–H groups in total. The molecule has 0 saturated carbocycles. The number of hydrogen-bond donors (Lipinski definition) is 3. The van der Waals surface area contributed by atoms with Crippen LogP contribution in [0.3, 0.4) is 0 Å². The van der Waals surface area contributed by atoms with Crippen LogP contribution in [0.25, 0.3) is 0 Å². The van der Waals surface area contributed by atoms with Crippen LogP contribution in [0.1, 0.15) is 0 Å². The van der Waals surface area contributed by atoms with Gasteiger partial charge in [-0.15, -0.1) is 5.10 Å². The van der Waals surface area contributed by atoms with Crippen LogP contribution >= 0.6 is 0 Å². The van der Waals surface area contributed by atoms with Crippen molar-refractivity contribution in [2.45, 2.75) is 0 Å². The first kappa shape index (κ1) is 4.07. The van der Waals surface area contributed by atoms with Crippen molar-refractivity contribution in [2.24, 2.45) is 0 Å². The predicted octanol–water partition coefficient (Wildman–Crippen LogP) is -0.394. The second kappa shape index (κ2) is 1.57. The minimum absolute atomic E-state index is 0.319. The molecule has 0 unspecified atom stereocenters. The van der Waals surface area contributed by atoms with E-state index >= 15 is 0 Å². The number of nitrogens with zero attached hydrogens (tertiary/aromatic N) is 2. The molecule has 38 valence electrons. The minimum atomic E-state index is 0.319. The van der Waals surface area contributed by atoms with Gasteiger partial charge in [-0.2, -0.15) is 0 Å². The first-order valence-electron chi connectivity index (χ1n) is 1.70. The summed E-state index contributed by atoms with van der Waals surface area (Å²) in [6, 6.07) is 0. The fraction of sp³-hybridized carbons (Fsp3) is 0. The number of aromatic amines is 1. The summed E-state index contributed by atoms with van der Waals surface area (Å²) in [5, 5.41) is 17.1. The van der Waals surface area contributed by atoms with Gasteiger partial charge in [0.1, 0.15) is 0 Å². The van der Waals surface area contributed by atoms with Gasteiger partial charge in [-0.05, 0) is 0 Å². The molecular weight excluding hydrogens is 96.0 g/mol. The van der Waals surface area contributed by atoms with Gasteiger partial charge in [0.25, 0.3) is 0 Å². The van der Waals surface area contributed by atoms with Crippen LogP contribution in [0.4, 0.5) is 5.82 Å². The van der Waals surface area contributed by atoms with Crippen molar-refractivity contribution in [3.05, 3.63) is 6.20 Å². The van der Waals surface area contributed by atoms with Crippen molar-refractivity contribution >= 4 is 5.82 Å². The quantitative estimate of drug-likeness (QED) is 0.420. The minimum Gasteiger partial charge on any atom is -0.290 e. The van der Waals surface area contributed by atoms with Crippen molar-refractivity contribution in [3.8, 4) is 0 Å². The van der Waals surface area contributed by atoms with Gasteiger partial charge in [0, 0.05) is 0 Å². The monoisotopic (exact) mass is 100 g/mol. The van der Waals surface area contributed by atoms with Crippen LogP contribution in [0.5, 0.6) is 0 Å². The van der Waals surface area contributed by atoms with Crippen LogP contribution in [-0.2, 0) is 0 Å². The van der Waals surface area contributed by atoms with Crippen LogP contribution in [0.15, 0.2) is 6.20 Å². The van der Waals surface area contributed by atoms with Gasteiger partial charge in [0.15, 0.2) is 5.82 Å². The lowest BCUT2D eigenvalue weighted by Gasteiger charge is -1.81. The highest BCUT2D eigenvalue weighted by molar-refractivity contribution is 5.23. The second-order valence-electron chi connectivity index (χ2n) is 0.970. The van der Waals surface area contributed by atoms with Crippen molar-refractivity contribution in [1.29, 1.82) is 0 Å². The third-order valence-corrected chi connectivity index (χ3v) is 0.531. The van der Waals surface area contributed by atoms with Gasteiger partial charge >= 0.3 is 0 Å². The molecule has 0 atom stereocenters. The lowest BCUT2D eigenvalue weighted by atomic mass is 10.8. The lowest BCUT2D eigenvalue weighted by Crippen LogP contribution is -1.87. The standard InChI is InChI=1S/C2H4N4O/c7-5-2-1-3-6-4-2/h1,7H,(H2,3,4,5,6). The van der Waals surface area contributed by atoms with Crippen LogP contribution in [-0.4, -0.2) is 20.6 Å². The Labute approximate surface area is 39.3 Å². The molecule has 1 rings (SSSR count). The normalized spacial score (nSPS) is 8.71. The van der Waals surface area contributed by atoms with Gasteiger partial charge in [-0.1, -0.05) is 5.21 Å². The van der Waals surface area contributed by atoms with E-state index < -0.39 is 0 Å². The Morgan fingerprint density at radius 1 is 1.86 bits per heavy atom. The Morgan fingerprint density at radius 3 is 3.00 bits per heavy atom. The lowest BCUT2D eigenvalue weighted by molar-refractivity contribution is 0.386. The highest BCUT2D eigenvalue weighted by Crippen LogP contribution is 1.89. The first-order valence-corrected chi connectivity index (χ1v) is 1.70. The zero-order valence-electron chi connectivity index (χ0n) is 3.42. The predicted molar refractivity (Wildman–Crippen MR) is 21.8 cm³/mol. The van der Waals surface area contributed by atoms with E-state index in [1.165, 1.54) is 6.20 Å². The summed E-state index contributed by atoms with van der Waals surface area (Å²) in [5.74, 6) is 0.319. The third kappa shape index (κ3) is 0.660. The second-order valence-corrected chi connectivity index (χ2v) is 0.970. The van der Waals surface area contributed by atoms with Gasteiger partial charge in [0.05, 0.1) is 6.20 Å². The smallest absolute Gasteiger partial charge is 0.191 e. The molecule has 0 amide bonds. The zero-order valence-corrected chi connectivity index (χ0v) is 3.42. The fourth-order valence-electron chi connectivity index (χ4n) is 0.256. The number of H-pyrrole nitrogens is 1. The summed E-state index contributed by atoms with van der Waals surface area (Å²) in [6.45, 7) is 0. The summed E-state index contributed by atoms with van der Waals surface area (Å²) < 4.78 is 0. The molecule has 0 aromatic carbocycles. The average molecular weight is 100 g/mol. The summed E-state index contributed by atoms with van der Waals surface area (Å²) in [6.07, 6.45) is 1.43. The summed E-state index contributed by atoms with van der Waals surface area (Å²) >= 11 is 0. The Morgan fingerprint density at radius 2 is 2.71 bits per heavy atom. The molecule has 0 saturated heterocycles. The van der Waals surface area contributed by atoms with Crippen molar-refractivity contribution in [2.75, 3.05) is 5.48 Å². The van der Waals surface area contributed by atoms with Crippen molar-refractivity contribution in [3.63, 3.8) is 0 Å². The Bertz CT molecular complexity index is 124. The SMILES string of the molecule is ONc1c[nH]nn1. The Hall–Kier alpha value is -1.10. The Kier molecular flexibility index (Phi) is 0.910. The van der Waals surface area contributed by atoms with Gasteiger partial charge in [0.2, 0.25) is 0 Å².